The minimum absolute atomic E-state index is 0.0436. The van der Waals surface area contributed by atoms with Crippen LogP contribution >= 0.6 is 22.9 Å². The zero-order valence-corrected chi connectivity index (χ0v) is 12.0. The van der Waals surface area contributed by atoms with Gasteiger partial charge in [0.05, 0.1) is 21.5 Å². The van der Waals surface area contributed by atoms with E-state index in [0.717, 1.165) is 0 Å². The highest BCUT2D eigenvalue weighted by Gasteiger charge is 2.13. The Bertz CT molecular complexity index is 495. The smallest absolute Gasteiger partial charge is 0.186 e. The average Bonchev–Trinajstić information content (AvgIpc) is 2.61. The van der Waals surface area contributed by atoms with Crippen LogP contribution in [0.2, 0.25) is 4.34 Å². The molecule has 96 valence electrons. The van der Waals surface area contributed by atoms with Crippen molar-refractivity contribution in [2.24, 2.45) is 0 Å². The fourth-order valence-corrected chi connectivity index (χ4v) is 2.80. The molecule has 0 fully saturated rings. The summed E-state index contributed by atoms with van der Waals surface area (Å²) in [6.45, 7) is 0.552. The van der Waals surface area contributed by atoms with Crippen LogP contribution in [0.3, 0.4) is 0 Å². The Hall–Kier alpha value is -0.430. The van der Waals surface area contributed by atoms with Crippen molar-refractivity contribution in [3.05, 3.63) is 21.3 Å². The van der Waals surface area contributed by atoms with E-state index in [1.165, 1.54) is 17.6 Å². The third-order valence-electron chi connectivity index (χ3n) is 2.11. The molecule has 0 saturated heterocycles. The number of hydrogen-bond donors (Lipinski definition) is 0. The van der Waals surface area contributed by atoms with Gasteiger partial charge in [-0.05, 0) is 19.2 Å². The molecular weight excluding hydrogens is 282 g/mol. The topological polar surface area (TPSA) is 54.5 Å². The van der Waals surface area contributed by atoms with Crippen LogP contribution in [0.4, 0.5) is 0 Å². The molecule has 17 heavy (non-hydrogen) atoms. The van der Waals surface area contributed by atoms with Gasteiger partial charge in [-0.25, -0.2) is 8.42 Å². The lowest BCUT2D eigenvalue weighted by molar-refractivity contribution is 0.0953. The van der Waals surface area contributed by atoms with Crippen LogP contribution in [0.15, 0.2) is 12.1 Å². The number of thiophene rings is 1. The van der Waals surface area contributed by atoms with E-state index in [0.29, 0.717) is 15.8 Å². The number of rotatable bonds is 6. The van der Waals surface area contributed by atoms with Crippen molar-refractivity contribution in [2.45, 2.75) is 0 Å². The van der Waals surface area contributed by atoms with Crippen LogP contribution in [0.1, 0.15) is 9.67 Å². The Morgan fingerprint density at radius 3 is 2.59 bits per heavy atom. The normalized spacial score (nSPS) is 12.0. The maximum absolute atomic E-state index is 11.8. The first kappa shape index (κ1) is 14.6. The van der Waals surface area contributed by atoms with Crippen LogP contribution in [0.5, 0.6) is 0 Å². The number of nitrogens with zero attached hydrogens (tertiary/aromatic N) is 1. The molecule has 0 aliphatic heterocycles. The average molecular weight is 296 g/mol. The van der Waals surface area contributed by atoms with Crippen molar-refractivity contribution in [3.8, 4) is 0 Å². The number of sulfone groups is 1. The Balaban J connectivity index is 2.46. The fraction of sp³-hybridized carbons (Fsp3) is 0.500. The van der Waals surface area contributed by atoms with Crippen LogP contribution in [-0.4, -0.2) is 51.2 Å². The van der Waals surface area contributed by atoms with Gasteiger partial charge in [0.25, 0.3) is 0 Å². The number of carbonyl (C=O) groups is 1. The highest BCUT2D eigenvalue weighted by Crippen LogP contribution is 2.21. The van der Waals surface area contributed by atoms with Gasteiger partial charge in [-0.15, -0.1) is 11.3 Å². The van der Waals surface area contributed by atoms with Crippen LogP contribution in [-0.2, 0) is 9.84 Å². The van der Waals surface area contributed by atoms with Gasteiger partial charge in [-0.3, -0.25) is 9.69 Å². The zero-order valence-electron chi connectivity index (χ0n) is 9.64. The molecule has 0 radical (unpaired) electrons. The summed E-state index contributed by atoms with van der Waals surface area (Å²) in [4.78, 5) is 14.0. The standard InChI is InChI=1S/C10H14ClNO3S2/c1-12(5-6-17(2,14)15)7-8(13)9-3-4-10(11)16-9/h3-4H,5-7H2,1-2H3. The molecule has 0 N–H and O–H groups in total. The number of ketones is 1. The van der Waals surface area contributed by atoms with E-state index in [4.69, 9.17) is 11.6 Å². The fourth-order valence-electron chi connectivity index (χ4n) is 1.19. The van der Waals surface area contributed by atoms with Gasteiger partial charge in [0.15, 0.2) is 5.78 Å². The van der Waals surface area contributed by atoms with Crippen molar-refractivity contribution >= 4 is 38.6 Å². The molecule has 0 amide bonds. The molecule has 4 nitrogen and oxygen atoms in total. The lowest BCUT2D eigenvalue weighted by Crippen LogP contribution is -2.30. The summed E-state index contributed by atoms with van der Waals surface area (Å²) in [5.41, 5.74) is 0. The van der Waals surface area contributed by atoms with E-state index < -0.39 is 9.84 Å². The quantitative estimate of drug-likeness (QED) is 0.748. The Morgan fingerprint density at radius 1 is 1.47 bits per heavy atom. The van der Waals surface area contributed by atoms with Crippen LogP contribution < -0.4 is 0 Å². The molecule has 1 aromatic rings. The summed E-state index contributed by atoms with van der Waals surface area (Å²) in [5, 5.41) is 0. The molecule has 1 rings (SSSR count). The molecular formula is C10H14ClNO3S2. The summed E-state index contributed by atoms with van der Waals surface area (Å²) in [6, 6.07) is 3.36. The van der Waals surface area contributed by atoms with Gasteiger partial charge < -0.3 is 0 Å². The van der Waals surface area contributed by atoms with Gasteiger partial charge in [0.2, 0.25) is 0 Å². The second-order valence-electron chi connectivity index (χ2n) is 3.89. The van der Waals surface area contributed by atoms with Gasteiger partial charge >= 0.3 is 0 Å². The second kappa shape index (κ2) is 5.95. The van der Waals surface area contributed by atoms with E-state index in [2.05, 4.69) is 0 Å². The predicted octanol–water partition coefficient (Wildman–Crippen LogP) is 1.56. The Labute approximate surface area is 110 Å². The van der Waals surface area contributed by atoms with E-state index in [9.17, 15) is 13.2 Å². The van der Waals surface area contributed by atoms with E-state index in [1.54, 1.807) is 24.1 Å². The molecule has 1 heterocycles. The Kier molecular flexibility index (Phi) is 5.12. The van der Waals surface area contributed by atoms with Gasteiger partial charge in [-0.2, -0.15) is 0 Å². The molecule has 0 aromatic carbocycles. The first-order valence-corrected chi connectivity index (χ1v) is 8.18. The lowest BCUT2D eigenvalue weighted by atomic mass is 10.3. The number of carbonyl (C=O) groups excluding carboxylic acids is 1. The Morgan fingerprint density at radius 2 is 2.12 bits per heavy atom. The third-order valence-corrected chi connectivity index (χ3v) is 4.30. The molecule has 0 aliphatic carbocycles. The monoisotopic (exact) mass is 295 g/mol. The summed E-state index contributed by atoms with van der Waals surface area (Å²) < 4.78 is 22.5. The van der Waals surface area contributed by atoms with E-state index in [1.807, 2.05) is 0 Å². The number of halogens is 1. The van der Waals surface area contributed by atoms with Crippen molar-refractivity contribution in [2.75, 3.05) is 32.1 Å². The summed E-state index contributed by atoms with van der Waals surface area (Å²) in [6.07, 6.45) is 1.18. The minimum Gasteiger partial charge on any atom is -0.298 e. The van der Waals surface area contributed by atoms with E-state index in [-0.39, 0.29) is 18.1 Å². The maximum atomic E-state index is 11.8. The molecule has 0 unspecified atom stereocenters. The van der Waals surface area contributed by atoms with Gasteiger partial charge in [0.1, 0.15) is 9.84 Å². The maximum Gasteiger partial charge on any atom is 0.186 e. The molecule has 0 spiro atoms. The van der Waals surface area contributed by atoms with E-state index >= 15 is 0 Å². The molecule has 1 aromatic heterocycles. The largest absolute Gasteiger partial charge is 0.298 e. The van der Waals surface area contributed by atoms with Crippen molar-refractivity contribution < 1.29 is 13.2 Å². The summed E-state index contributed by atoms with van der Waals surface area (Å²) in [7, 11) is -1.27. The molecule has 0 aliphatic rings. The van der Waals surface area contributed by atoms with Gasteiger partial charge in [-0.1, -0.05) is 11.6 Å². The third kappa shape index (κ3) is 5.63. The predicted molar refractivity (Wildman–Crippen MR) is 70.9 cm³/mol. The van der Waals surface area contributed by atoms with Gasteiger partial charge in [0, 0.05) is 12.8 Å². The molecule has 7 heteroatoms. The summed E-state index contributed by atoms with van der Waals surface area (Å²) in [5.74, 6) is 0.0139. The molecule has 0 atom stereocenters. The zero-order chi connectivity index (χ0) is 13.1. The van der Waals surface area contributed by atoms with Crippen molar-refractivity contribution in [1.82, 2.24) is 4.90 Å². The SMILES string of the molecule is CN(CCS(C)(=O)=O)CC(=O)c1ccc(Cl)s1. The number of hydrogen-bond acceptors (Lipinski definition) is 5. The minimum atomic E-state index is -2.99. The van der Waals surface area contributed by atoms with Crippen molar-refractivity contribution in [3.63, 3.8) is 0 Å². The van der Waals surface area contributed by atoms with Crippen LogP contribution in [0.25, 0.3) is 0 Å². The van der Waals surface area contributed by atoms with Crippen molar-refractivity contribution in [1.29, 1.82) is 0 Å². The highest BCUT2D eigenvalue weighted by molar-refractivity contribution is 7.90. The van der Waals surface area contributed by atoms with Crippen LogP contribution in [0, 0.1) is 0 Å². The first-order valence-electron chi connectivity index (χ1n) is 4.93. The number of Topliss-reactive ketones (excluding diaryl/α,β-unsaturated/α-hetero) is 1. The summed E-state index contributed by atoms with van der Waals surface area (Å²) >= 11 is 6.97. The lowest BCUT2D eigenvalue weighted by Gasteiger charge is -2.14. The second-order valence-corrected chi connectivity index (χ2v) is 7.87. The first-order chi connectivity index (χ1) is 7.78. The number of likely N-dealkylation sites (N-methyl/N-ethyl adjacent to an activating group) is 1. The highest BCUT2D eigenvalue weighted by atomic mass is 35.5. The molecule has 0 bridgehead atoms. The molecule has 0 saturated carbocycles.